The summed E-state index contributed by atoms with van der Waals surface area (Å²) in [5, 5.41) is 0. The molecule has 0 spiro atoms. The largest absolute Gasteiger partial charge is 0.368 e. The van der Waals surface area contributed by atoms with Gasteiger partial charge in [0.2, 0.25) is 5.91 Å². The molecule has 0 saturated carbocycles. The summed E-state index contributed by atoms with van der Waals surface area (Å²) in [5.74, 6) is 0.308. The summed E-state index contributed by atoms with van der Waals surface area (Å²) in [6, 6.07) is 6.60. The Kier molecular flexibility index (Phi) is 5.09. The first kappa shape index (κ1) is 16.6. The smallest absolute Gasteiger partial charge is 0.229 e. The van der Waals surface area contributed by atoms with Gasteiger partial charge in [-0.2, -0.15) is 0 Å². The number of amides is 1. The number of allylic oxidation sites excluding steroid dienone is 3. The van der Waals surface area contributed by atoms with Crippen LogP contribution >= 0.6 is 22.6 Å². The van der Waals surface area contributed by atoms with E-state index in [0.29, 0.717) is 0 Å². The van der Waals surface area contributed by atoms with Gasteiger partial charge in [0.25, 0.3) is 0 Å². The molecule has 1 aliphatic carbocycles. The third-order valence-electron chi connectivity index (χ3n) is 4.66. The van der Waals surface area contributed by atoms with Gasteiger partial charge in [0.15, 0.2) is 0 Å². The molecule has 4 heteroatoms. The van der Waals surface area contributed by atoms with Crippen molar-refractivity contribution in [1.29, 1.82) is 0 Å². The van der Waals surface area contributed by atoms with Crippen LogP contribution in [0.3, 0.4) is 0 Å². The number of halogens is 1. The Morgan fingerprint density at radius 1 is 1.17 bits per heavy atom. The number of nitrogens with zero attached hydrogens (tertiary/aromatic N) is 2. The van der Waals surface area contributed by atoms with Gasteiger partial charge in [-0.15, -0.1) is 0 Å². The minimum atomic E-state index is 0.0289. The van der Waals surface area contributed by atoms with Crippen molar-refractivity contribution >= 4 is 34.2 Å². The van der Waals surface area contributed by atoms with Gasteiger partial charge in [-0.3, -0.25) is 4.79 Å². The molecule has 122 valence electrons. The Hall–Kier alpha value is -1.30. The van der Waals surface area contributed by atoms with Gasteiger partial charge in [0.1, 0.15) is 0 Å². The monoisotopic (exact) mass is 422 g/mol. The normalized spacial score (nSPS) is 21.3. The Bertz CT molecular complexity index is 657. The van der Waals surface area contributed by atoms with Gasteiger partial charge in [0, 0.05) is 35.4 Å². The van der Waals surface area contributed by atoms with Crippen LogP contribution in [-0.4, -0.2) is 37.0 Å². The number of aryl methyl sites for hydroxylation is 2. The van der Waals surface area contributed by atoms with E-state index in [2.05, 4.69) is 77.8 Å². The van der Waals surface area contributed by atoms with Crippen molar-refractivity contribution in [1.82, 2.24) is 4.90 Å². The zero-order chi connectivity index (χ0) is 16.4. The Balaban J connectivity index is 1.60. The number of hydrogen-bond acceptors (Lipinski definition) is 2. The Morgan fingerprint density at radius 2 is 1.91 bits per heavy atom. The first-order valence-electron chi connectivity index (χ1n) is 8.19. The third-order valence-corrected chi connectivity index (χ3v) is 5.46. The summed E-state index contributed by atoms with van der Waals surface area (Å²) in [6.45, 7) is 7.76. The van der Waals surface area contributed by atoms with E-state index in [-0.39, 0.29) is 11.8 Å². The lowest BCUT2D eigenvalue weighted by atomic mass is 9.99. The molecule has 1 aliphatic heterocycles. The molecule has 0 bridgehead atoms. The van der Waals surface area contributed by atoms with E-state index in [9.17, 15) is 4.79 Å². The summed E-state index contributed by atoms with van der Waals surface area (Å²) in [6.07, 6.45) is 7.10. The molecule has 1 unspecified atom stereocenters. The molecule has 1 amide bonds. The van der Waals surface area contributed by atoms with Crippen molar-refractivity contribution in [2.24, 2.45) is 5.92 Å². The van der Waals surface area contributed by atoms with E-state index >= 15 is 0 Å². The minimum absolute atomic E-state index is 0.0289. The van der Waals surface area contributed by atoms with Crippen LogP contribution in [-0.2, 0) is 4.79 Å². The summed E-state index contributed by atoms with van der Waals surface area (Å²) >= 11 is 2.30. The van der Waals surface area contributed by atoms with Gasteiger partial charge in [0.05, 0.1) is 5.92 Å². The third kappa shape index (κ3) is 3.79. The van der Waals surface area contributed by atoms with Crippen LogP contribution in [0.5, 0.6) is 0 Å². The van der Waals surface area contributed by atoms with E-state index in [0.717, 1.165) is 32.6 Å². The SMILES string of the molecule is Cc1ccc(N2CCN(C(=O)C3C=CC(I)=CC3)CC2)c(C)c1. The van der Waals surface area contributed by atoms with Crippen molar-refractivity contribution in [2.75, 3.05) is 31.1 Å². The maximum atomic E-state index is 12.6. The molecular weight excluding hydrogens is 399 g/mol. The maximum Gasteiger partial charge on any atom is 0.229 e. The van der Waals surface area contributed by atoms with Crippen LogP contribution in [0, 0.1) is 19.8 Å². The second-order valence-electron chi connectivity index (χ2n) is 6.39. The second-order valence-corrected chi connectivity index (χ2v) is 7.64. The maximum absolute atomic E-state index is 12.6. The fourth-order valence-electron chi connectivity index (χ4n) is 3.34. The quantitative estimate of drug-likeness (QED) is 0.677. The van der Waals surface area contributed by atoms with Crippen LogP contribution in [0.15, 0.2) is 40.0 Å². The molecule has 1 atom stereocenters. The van der Waals surface area contributed by atoms with Crippen molar-refractivity contribution in [2.45, 2.75) is 20.3 Å². The van der Waals surface area contributed by atoms with Crippen molar-refractivity contribution in [3.8, 4) is 0 Å². The molecule has 0 radical (unpaired) electrons. The number of carbonyl (C=O) groups excluding carboxylic acids is 1. The molecule has 0 N–H and O–H groups in total. The summed E-state index contributed by atoms with van der Waals surface area (Å²) < 4.78 is 1.23. The fraction of sp³-hybridized carbons (Fsp3) is 0.421. The molecule has 0 aromatic heterocycles. The van der Waals surface area contributed by atoms with E-state index in [1.165, 1.54) is 20.4 Å². The lowest BCUT2D eigenvalue weighted by Crippen LogP contribution is -2.50. The zero-order valence-corrected chi connectivity index (χ0v) is 15.9. The number of anilines is 1. The topological polar surface area (TPSA) is 23.6 Å². The van der Waals surface area contributed by atoms with E-state index in [1.807, 2.05) is 4.90 Å². The molecule has 1 aromatic carbocycles. The number of hydrogen-bond donors (Lipinski definition) is 0. The number of piperazine rings is 1. The van der Waals surface area contributed by atoms with Crippen molar-refractivity contribution in [3.63, 3.8) is 0 Å². The molecule has 1 aromatic rings. The average Bonchev–Trinajstić information content (AvgIpc) is 2.55. The summed E-state index contributed by atoms with van der Waals surface area (Å²) in [7, 11) is 0. The van der Waals surface area contributed by atoms with Gasteiger partial charge < -0.3 is 9.80 Å². The van der Waals surface area contributed by atoms with Crippen molar-refractivity contribution < 1.29 is 4.79 Å². The molecule has 3 nitrogen and oxygen atoms in total. The lowest BCUT2D eigenvalue weighted by Gasteiger charge is -2.38. The van der Waals surface area contributed by atoms with Gasteiger partial charge in [-0.1, -0.05) is 35.9 Å². The predicted octanol–water partition coefficient (Wildman–Crippen LogP) is 3.85. The van der Waals surface area contributed by atoms with E-state index in [1.54, 1.807) is 0 Å². The molecule has 1 heterocycles. The minimum Gasteiger partial charge on any atom is -0.368 e. The van der Waals surface area contributed by atoms with Gasteiger partial charge in [-0.05, 0) is 54.5 Å². The first-order valence-corrected chi connectivity index (χ1v) is 9.27. The summed E-state index contributed by atoms with van der Waals surface area (Å²) in [5.41, 5.74) is 3.92. The predicted molar refractivity (Wildman–Crippen MR) is 104 cm³/mol. The first-order chi connectivity index (χ1) is 11.0. The highest BCUT2D eigenvalue weighted by molar-refractivity contribution is 14.1. The lowest BCUT2D eigenvalue weighted by molar-refractivity contribution is -0.134. The zero-order valence-electron chi connectivity index (χ0n) is 13.8. The van der Waals surface area contributed by atoms with Crippen molar-refractivity contribution in [3.05, 3.63) is 51.1 Å². The number of rotatable bonds is 2. The highest BCUT2D eigenvalue weighted by Gasteiger charge is 2.26. The van der Waals surface area contributed by atoms with Gasteiger partial charge in [-0.25, -0.2) is 0 Å². The standard InChI is InChI=1S/C19H23IN2O/c1-14-3-8-18(15(2)13-14)21-9-11-22(12-10-21)19(23)16-4-6-17(20)7-5-16/h3-4,6-8,13,16H,5,9-12H2,1-2H3. The van der Waals surface area contributed by atoms with Crippen LogP contribution in [0.25, 0.3) is 0 Å². The molecule has 1 saturated heterocycles. The Morgan fingerprint density at radius 3 is 2.52 bits per heavy atom. The van der Waals surface area contributed by atoms with Crippen LogP contribution in [0.1, 0.15) is 17.5 Å². The number of carbonyl (C=O) groups is 1. The van der Waals surface area contributed by atoms with Crippen LogP contribution < -0.4 is 4.90 Å². The molecule has 23 heavy (non-hydrogen) atoms. The molecule has 1 fully saturated rings. The summed E-state index contributed by atoms with van der Waals surface area (Å²) in [4.78, 5) is 17.1. The molecular formula is C19H23IN2O. The average molecular weight is 422 g/mol. The second kappa shape index (κ2) is 7.07. The molecule has 2 aliphatic rings. The highest BCUT2D eigenvalue weighted by atomic mass is 127. The highest BCUT2D eigenvalue weighted by Crippen LogP contribution is 2.25. The molecule has 3 rings (SSSR count). The van der Waals surface area contributed by atoms with Gasteiger partial charge >= 0.3 is 0 Å². The van der Waals surface area contributed by atoms with Crippen LogP contribution in [0.4, 0.5) is 5.69 Å². The van der Waals surface area contributed by atoms with E-state index in [4.69, 9.17) is 0 Å². The Labute approximate surface area is 152 Å². The van der Waals surface area contributed by atoms with Crippen LogP contribution in [0.2, 0.25) is 0 Å². The number of benzene rings is 1. The fourth-order valence-corrected chi connectivity index (χ4v) is 3.80. The van der Waals surface area contributed by atoms with E-state index < -0.39 is 0 Å².